The molecule has 0 aliphatic rings. The van der Waals surface area contributed by atoms with Crippen LogP contribution in [0.5, 0.6) is 0 Å². The van der Waals surface area contributed by atoms with Gasteiger partial charge in [0, 0.05) is 29.2 Å². The van der Waals surface area contributed by atoms with E-state index < -0.39 is 0 Å². The molecule has 0 saturated heterocycles. The molecule has 5 nitrogen and oxygen atoms in total. The van der Waals surface area contributed by atoms with Crippen molar-refractivity contribution in [3.63, 3.8) is 0 Å². The van der Waals surface area contributed by atoms with Crippen LogP contribution in [0.2, 0.25) is 5.02 Å². The lowest BCUT2D eigenvalue weighted by Crippen LogP contribution is -2.05. The van der Waals surface area contributed by atoms with Crippen LogP contribution < -0.4 is 10.6 Å². The highest BCUT2D eigenvalue weighted by Crippen LogP contribution is 2.24. The van der Waals surface area contributed by atoms with Gasteiger partial charge in [-0.2, -0.15) is 0 Å². The summed E-state index contributed by atoms with van der Waals surface area (Å²) in [5.74, 6) is 2.17. The Bertz CT molecular complexity index is 1070. The zero-order valence-corrected chi connectivity index (χ0v) is 15.5. The van der Waals surface area contributed by atoms with Crippen molar-refractivity contribution in [2.24, 2.45) is 0 Å². The minimum Gasteiger partial charge on any atom is -0.366 e. The van der Waals surface area contributed by atoms with Crippen molar-refractivity contribution < 1.29 is 0 Å². The Balaban J connectivity index is 1.56. The molecule has 2 aromatic carbocycles. The first kappa shape index (κ1) is 17.2. The van der Waals surface area contributed by atoms with Crippen molar-refractivity contribution in [1.29, 1.82) is 0 Å². The monoisotopic (exact) mass is 375 g/mol. The van der Waals surface area contributed by atoms with E-state index in [-0.39, 0.29) is 0 Å². The van der Waals surface area contributed by atoms with Crippen molar-refractivity contribution in [2.45, 2.75) is 13.5 Å². The zero-order chi connectivity index (χ0) is 18.6. The smallest absolute Gasteiger partial charge is 0.136 e. The summed E-state index contributed by atoms with van der Waals surface area (Å²) >= 11 is 5.93. The largest absolute Gasteiger partial charge is 0.366 e. The van der Waals surface area contributed by atoms with Gasteiger partial charge < -0.3 is 10.6 Å². The number of aromatic nitrogens is 3. The molecule has 2 heterocycles. The molecule has 0 saturated carbocycles. The molecule has 0 bridgehead atoms. The van der Waals surface area contributed by atoms with Crippen LogP contribution in [0.15, 0.2) is 66.9 Å². The third-order valence-electron chi connectivity index (χ3n) is 4.12. The lowest BCUT2D eigenvalue weighted by Gasteiger charge is -2.11. The fourth-order valence-corrected chi connectivity index (χ4v) is 2.99. The number of halogens is 1. The first-order valence-corrected chi connectivity index (χ1v) is 9.00. The Hall–Kier alpha value is -3.18. The van der Waals surface area contributed by atoms with Gasteiger partial charge in [-0.15, -0.1) is 0 Å². The quantitative estimate of drug-likeness (QED) is 0.492. The van der Waals surface area contributed by atoms with E-state index in [4.69, 9.17) is 11.6 Å². The van der Waals surface area contributed by atoms with Crippen LogP contribution in [0.3, 0.4) is 0 Å². The molecule has 0 aliphatic carbocycles. The number of benzene rings is 2. The van der Waals surface area contributed by atoms with Crippen molar-refractivity contribution >= 4 is 39.8 Å². The molecule has 6 heteroatoms. The average Bonchev–Trinajstić information content (AvgIpc) is 2.67. The molecule has 0 atom stereocenters. The summed E-state index contributed by atoms with van der Waals surface area (Å²) in [6, 6.07) is 19.6. The highest BCUT2D eigenvalue weighted by Gasteiger charge is 2.06. The van der Waals surface area contributed by atoms with Gasteiger partial charge in [-0.1, -0.05) is 41.9 Å². The number of nitrogens with zero attached hydrogens (tertiary/aromatic N) is 3. The number of hydrogen-bond acceptors (Lipinski definition) is 5. The highest BCUT2D eigenvalue weighted by atomic mass is 35.5. The van der Waals surface area contributed by atoms with Crippen molar-refractivity contribution in [1.82, 2.24) is 15.0 Å². The number of hydrogen-bond donors (Lipinski definition) is 2. The fraction of sp³-hybridized carbons (Fsp3) is 0.0952. The molecule has 0 radical (unpaired) electrons. The molecule has 2 aromatic heterocycles. The summed E-state index contributed by atoms with van der Waals surface area (Å²) in [7, 11) is 0. The molecule has 134 valence electrons. The van der Waals surface area contributed by atoms with Crippen LogP contribution in [-0.2, 0) is 6.54 Å². The molecule has 0 spiro atoms. The van der Waals surface area contributed by atoms with Gasteiger partial charge in [0.1, 0.15) is 17.5 Å². The normalized spacial score (nSPS) is 10.7. The summed E-state index contributed by atoms with van der Waals surface area (Å²) in [5, 5.41) is 8.50. The Morgan fingerprint density at radius 1 is 0.926 bits per heavy atom. The number of pyridine rings is 1. The lowest BCUT2D eigenvalue weighted by molar-refractivity contribution is 1.03. The highest BCUT2D eigenvalue weighted by molar-refractivity contribution is 6.30. The van der Waals surface area contributed by atoms with Crippen LogP contribution in [0.1, 0.15) is 11.4 Å². The molecular formula is C21H18ClN5. The van der Waals surface area contributed by atoms with E-state index >= 15 is 0 Å². The van der Waals surface area contributed by atoms with E-state index in [1.807, 2.05) is 67.6 Å². The van der Waals surface area contributed by atoms with E-state index in [0.29, 0.717) is 12.4 Å². The van der Waals surface area contributed by atoms with Crippen LogP contribution in [-0.4, -0.2) is 15.0 Å². The van der Waals surface area contributed by atoms with E-state index in [1.165, 1.54) is 0 Å². The average molecular weight is 376 g/mol. The third kappa shape index (κ3) is 4.15. The number of nitrogens with one attached hydrogen (secondary N) is 2. The number of fused-ring (bicyclic) bond motifs is 1. The molecule has 0 fully saturated rings. The number of anilines is 3. The predicted octanol–water partition coefficient (Wildman–Crippen LogP) is 5.34. The standard InChI is InChI=1S/C21H18ClN5/c1-14-25-19(24-13-15-7-9-17(22)10-8-15)12-20(26-14)27-18-6-2-4-16-5-3-11-23-21(16)18/h2-12H,13H2,1H3,(H2,24,25,26,27). The van der Waals surface area contributed by atoms with Gasteiger partial charge in [0.2, 0.25) is 0 Å². The maximum absolute atomic E-state index is 5.93. The summed E-state index contributed by atoms with van der Waals surface area (Å²) in [6.07, 6.45) is 1.79. The molecule has 4 rings (SSSR count). The van der Waals surface area contributed by atoms with Crippen LogP contribution >= 0.6 is 11.6 Å². The molecule has 4 aromatic rings. The molecule has 0 amide bonds. The maximum Gasteiger partial charge on any atom is 0.136 e. The van der Waals surface area contributed by atoms with E-state index in [1.54, 1.807) is 6.20 Å². The molecule has 2 N–H and O–H groups in total. The summed E-state index contributed by atoms with van der Waals surface area (Å²) in [5.41, 5.74) is 2.95. The van der Waals surface area contributed by atoms with Crippen molar-refractivity contribution in [3.05, 3.63) is 83.3 Å². The predicted molar refractivity (Wildman–Crippen MR) is 111 cm³/mol. The minimum absolute atomic E-state index is 0.656. The first-order valence-electron chi connectivity index (χ1n) is 8.62. The Morgan fingerprint density at radius 3 is 2.56 bits per heavy atom. The van der Waals surface area contributed by atoms with Crippen molar-refractivity contribution in [3.8, 4) is 0 Å². The lowest BCUT2D eigenvalue weighted by atomic mass is 10.2. The molecule has 0 aliphatic heterocycles. The number of rotatable bonds is 5. The molecular weight excluding hydrogens is 358 g/mol. The second-order valence-corrected chi connectivity index (χ2v) is 6.61. The van der Waals surface area contributed by atoms with Gasteiger partial charge in [-0.3, -0.25) is 4.98 Å². The second-order valence-electron chi connectivity index (χ2n) is 6.17. The molecule has 27 heavy (non-hydrogen) atoms. The van der Waals surface area contributed by atoms with Crippen molar-refractivity contribution in [2.75, 3.05) is 10.6 Å². The maximum atomic E-state index is 5.93. The number of para-hydroxylation sites is 1. The Morgan fingerprint density at radius 2 is 1.70 bits per heavy atom. The van der Waals surface area contributed by atoms with E-state index in [9.17, 15) is 0 Å². The van der Waals surface area contributed by atoms with Gasteiger partial charge in [0.15, 0.2) is 0 Å². The van der Waals surface area contributed by atoms with Gasteiger partial charge >= 0.3 is 0 Å². The fourth-order valence-electron chi connectivity index (χ4n) is 2.86. The number of aryl methyl sites for hydroxylation is 1. The SMILES string of the molecule is Cc1nc(NCc2ccc(Cl)cc2)cc(Nc2cccc3cccnc23)n1. The Kier molecular flexibility index (Phi) is 4.85. The third-order valence-corrected chi connectivity index (χ3v) is 4.37. The van der Waals surface area contributed by atoms with Gasteiger partial charge in [0.05, 0.1) is 11.2 Å². The Labute approximate surface area is 162 Å². The van der Waals surface area contributed by atoms with Crippen LogP contribution in [0.4, 0.5) is 17.3 Å². The molecule has 0 unspecified atom stereocenters. The van der Waals surface area contributed by atoms with E-state index in [0.717, 1.165) is 38.8 Å². The van der Waals surface area contributed by atoms with Gasteiger partial charge in [-0.25, -0.2) is 9.97 Å². The summed E-state index contributed by atoms with van der Waals surface area (Å²) < 4.78 is 0. The van der Waals surface area contributed by atoms with Gasteiger partial charge in [0.25, 0.3) is 0 Å². The van der Waals surface area contributed by atoms with Crippen LogP contribution in [0.25, 0.3) is 10.9 Å². The van der Waals surface area contributed by atoms with Crippen LogP contribution in [0, 0.1) is 6.92 Å². The zero-order valence-electron chi connectivity index (χ0n) is 14.8. The summed E-state index contributed by atoms with van der Waals surface area (Å²) in [4.78, 5) is 13.4. The van der Waals surface area contributed by atoms with E-state index in [2.05, 4.69) is 25.6 Å². The topological polar surface area (TPSA) is 62.7 Å². The second kappa shape index (κ2) is 7.60. The van der Waals surface area contributed by atoms with Gasteiger partial charge in [-0.05, 0) is 36.8 Å². The first-order chi connectivity index (χ1) is 13.2. The minimum atomic E-state index is 0.656. The summed E-state index contributed by atoms with van der Waals surface area (Å²) in [6.45, 7) is 2.53.